The summed E-state index contributed by atoms with van der Waals surface area (Å²) in [7, 11) is 0. The highest BCUT2D eigenvalue weighted by Crippen LogP contribution is 2.48. The minimum atomic E-state index is -0.870. The zero-order valence-electron chi connectivity index (χ0n) is 18.0. The molecule has 0 bridgehead atoms. The first-order valence-electron chi connectivity index (χ1n) is 10.8. The zero-order chi connectivity index (χ0) is 22.0. The number of carbonyl (C=O) groups is 1. The minimum Gasteiger partial charge on any atom is -0.465 e. The van der Waals surface area contributed by atoms with Crippen molar-refractivity contribution >= 4 is 6.09 Å². The van der Waals surface area contributed by atoms with Crippen LogP contribution in [0.2, 0.25) is 0 Å². The number of nitrogens with zero attached hydrogens (tertiary/aromatic N) is 3. The summed E-state index contributed by atoms with van der Waals surface area (Å²) in [5.41, 5.74) is 3.51. The van der Waals surface area contributed by atoms with Crippen molar-refractivity contribution in [2.24, 2.45) is 5.92 Å². The molecule has 2 heterocycles. The molecule has 31 heavy (non-hydrogen) atoms. The van der Waals surface area contributed by atoms with Crippen LogP contribution < -0.4 is 0 Å². The van der Waals surface area contributed by atoms with Crippen molar-refractivity contribution in [1.29, 1.82) is 0 Å². The van der Waals surface area contributed by atoms with Crippen LogP contribution in [0.15, 0.2) is 61.1 Å². The maximum atomic E-state index is 13.2. The molecule has 1 saturated heterocycles. The number of carboxylic acid groups (broad SMARTS) is 1. The van der Waals surface area contributed by atoms with Crippen LogP contribution in [0.5, 0.6) is 0 Å². The Morgan fingerprint density at radius 2 is 1.94 bits per heavy atom. The van der Waals surface area contributed by atoms with Gasteiger partial charge in [0.2, 0.25) is 0 Å². The number of imidazole rings is 1. The van der Waals surface area contributed by atoms with Gasteiger partial charge in [-0.05, 0) is 48.4 Å². The predicted octanol–water partition coefficient (Wildman–Crippen LogP) is 5.56. The lowest BCUT2D eigenvalue weighted by atomic mass is 9.75. The lowest BCUT2D eigenvalue weighted by Crippen LogP contribution is -2.48. The second-order valence-electron chi connectivity index (χ2n) is 8.51. The van der Waals surface area contributed by atoms with Gasteiger partial charge in [-0.15, -0.1) is 0 Å². The fourth-order valence-corrected chi connectivity index (χ4v) is 5.01. The molecule has 3 aromatic rings. The molecule has 0 saturated carbocycles. The van der Waals surface area contributed by atoms with E-state index in [0.717, 1.165) is 41.6 Å². The van der Waals surface area contributed by atoms with Gasteiger partial charge in [-0.3, -0.25) is 4.90 Å². The fourth-order valence-electron chi connectivity index (χ4n) is 5.01. The van der Waals surface area contributed by atoms with E-state index >= 15 is 0 Å². The normalized spacial score (nSPS) is 18.6. The van der Waals surface area contributed by atoms with Crippen LogP contribution in [-0.4, -0.2) is 32.2 Å². The van der Waals surface area contributed by atoms with Crippen molar-refractivity contribution in [1.82, 2.24) is 14.5 Å². The second kappa shape index (κ2) is 8.53. The third-order valence-corrected chi connectivity index (χ3v) is 6.54. The third-order valence-electron chi connectivity index (χ3n) is 6.54. The molecule has 0 aliphatic carbocycles. The van der Waals surface area contributed by atoms with Crippen LogP contribution in [0.4, 0.5) is 9.18 Å². The highest BCUT2D eigenvalue weighted by Gasteiger charge is 2.48. The van der Waals surface area contributed by atoms with Gasteiger partial charge in [0.05, 0.1) is 23.8 Å². The average Bonchev–Trinajstić information content (AvgIpc) is 3.41. The summed E-state index contributed by atoms with van der Waals surface area (Å²) in [5.74, 6) is -0.109. The number of aromatic nitrogens is 2. The zero-order valence-corrected chi connectivity index (χ0v) is 18.0. The second-order valence-corrected chi connectivity index (χ2v) is 8.51. The first-order valence-corrected chi connectivity index (χ1v) is 10.8. The van der Waals surface area contributed by atoms with Gasteiger partial charge in [0, 0.05) is 18.7 Å². The molecule has 6 heteroatoms. The lowest BCUT2D eigenvalue weighted by Gasteiger charge is -2.42. The molecule has 1 aliphatic heterocycles. The Morgan fingerprint density at radius 3 is 2.65 bits per heavy atom. The molecule has 1 amide bonds. The monoisotopic (exact) mass is 421 g/mol. The van der Waals surface area contributed by atoms with Gasteiger partial charge in [0.15, 0.2) is 0 Å². The molecule has 2 aromatic carbocycles. The van der Waals surface area contributed by atoms with E-state index in [1.165, 1.54) is 12.1 Å². The molecular weight excluding hydrogens is 393 g/mol. The summed E-state index contributed by atoms with van der Waals surface area (Å²) < 4.78 is 15.3. The van der Waals surface area contributed by atoms with E-state index in [0.29, 0.717) is 13.1 Å². The summed E-state index contributed by atoms with van der Waals surface area (Å²) in [6, 6.07) is 14.7. The maximum Gasteiger partial charge on any atom is 0.408 e. The molecule has 1 aromatic heterocycles. The van der Waals surface area contributed by atoms with Gasteiger partial charge in [-0.2, -0.15) is 0 Å². The van der Waals surface area contributed by atoms with E-state index in [1.54, 1.807) is 23.4 Å². The smallest absolute Gasteiger partial charge is 0.408 e. The number of likely N-dealkylation sites (tertiary alicyclic amines) is 1. The van der Waals surface area contributed by atoms with Crippen molar-refractivity contribution < 1.29 is 14.3 Å². The molecule has 1 N–H and O–H groups in total. The summed E-state index contributed by atoms with van der Waals surface area (Å²) in [6.07, 6.45) is 5.19. The molecular formula is C25H28FN3O2. The van der Waals surface area contributed by atoms with E-state index in [4.69, 9.17) is 0 Å². The standard InChI is InChI=1S/C25H28FN3O2/c1-18(2)25(13-5-14-29(25)24(30)31)22-7-4-3-6-21(22)23-16-27-17-28(23)15-12-19-8-10-20(26)11-9-19/h3-4,6-11,16-18H,5,12-15H2,1-2H3,(H,30,31). The van der Waals surface area contributed by atoms with Crippen LogP contribution in [0, 0.1) is 11.7 Å². The van der Waals surface area contributed by atoms with Crippen LogP contribution in [0.25, 0.3) is 11.3 Å². The fraction of sp³-hybridized carbons (Fsp3) is 0.360. The lowest BCUT2D eigenvalue weighted by molar-refractivity contribution is 0.0735. The van der Waals surface area contributed by atoms with E-state index in [9.17, 15) is 14.3 Å². The van der Waals surface area contributed by atoms with E-state index in [2.05, 4.69) is 35.5 Å². The average molecular weight is 422 g/mol. The number of hydrogen-bond acceptors (Lipinski definition) is 2. The molecule has 1 atom stereocenters. The van der Waals surface area contributed by atoms with Crippen molar-refractivity contribution in [2.75, 3.05) is 6.54 Å². The van der Waals surface area contributed by atoms with Crippen molar-refractivity contribution in [3.05, 3.63) is 78.0 Å². The number of amides is 1. The van der Waals surface area contributed by atoms with Crippen molar-refractivity contribution in [3.63, 3.8) is 0 Å². The maximum absolute atomic E-state index is 13.2. The summed E-state index contributed by atoms with van der Waals surface area (Å²) in [5, 5.41) is 9.95. The highest BCUT2D eigenvalue weighted by molar-refractivity contribution is 5.71. The molecule has 1 fully saturated rings. The first kappa shape index (κ1) is 21.1. The summed E-state index contributed by atoms with van der Waals surface area (Å²) in [4.78, 5) is 18.1. The van der Waals surface area contributed by atoms with E-state index in [-0.39, 0.29) is 11.7 Å². The van der Waals surface area contributed by atoms with Gasteiger partial charge in [0.25, 0.3) is 0 Å². The summed E-state index contributed by atoms with van der Waals surface area (Å²) >= 11 is 0. The van der Waals surface area contributed by atoms with Crippen LogP contribution in [0.3, 0.4) is 0 Å². The van der Waals surface area contributed by atoms with Crippen LogP contribution in [-0.2, 0) is 18.5 Å². The minimum absolute atomic E-state index is 0.128. The highest BCUT2D eigenvalue weighted by atomic mass is 19.1. The van der Waals surface area contributed by atoms with Crippen molar-refractivity contribution in [2.45, 2.75) is 45.2 Å². The molecule has 4 rings (SSSR count). The Bertz CT molecular complexity index is 1060. The Morgan fingerprint density at radius 1 is 1.19 bits per heavy atom. The van der Waals surface area contributed by atoms with Gasteiger partial charge in [-0.25, -0.2) is 14.2 Å². The van der Waals surface area contributed by atoms with E-state index < -0.39 is 11.6 Å². The van der Waals surface area contributed by atoms with Gasteiger partial charge >= 0.3 is 6.09 Å². The number of aryl methyl sites for hydroxylation is 2. The van der Waals surface area contributed by atoms with Gasteiger partial charge in [0.1, 0.15) is 5.82 Å². The molecule has 0 spiro atoms. The first-order chi connectivity index (χ1) is 14.9. The van der Waals surface area contributed by atoms with Crippen LogP contribution >= 0.6 is 0 Å². The molecule has 1 aliphatic rings. The quantitative estimate of drug-likeness (QED) is 0.567. The largest absolute Gasteiger partial charge is 0.465 e. The van der Waals surface area contributed by atoms with E-state index in [1.807, 2.05) is 18.3 Å². The molecule has 0 radical (unpaired) electrons. The Kier molecular flexibility index (Phi) is 5.81. The molecule has 5 nitrogen and oxygen atoms in total. The number of hydrogen-bond donors (Lipinski definition) is 1. The Balaban J connectivity index is 1.72. The Hall–Kier alpha value is -3.15. The van der Waals surface area contributed by atoms with Crippen molar-refractivity contribution in [3.8, 4) is 11.3 Å². The molecule has 162 valence electrons. The van der Waals surface area contributed by atoms with Gasteiger partial charge < -0.3 is 9.67 Å². The number of benzene rings is 2. The Labute approximate surface area is 182 Å². The van der Waals surface area contributed by atoms with Gasteiger partial charge in [-0.1, -0.05) is 50.2 Å². The predicted molar refractivity (Wildman–Crippen MR) is 118 cm³/mol. The summed E-state index contributed by atoms with van der Waals surface area (Å²) in [6.45, 7) is 5.45. The molecule has 1 unspecified atom stereocenters. The number of halogens is 1. The third kappa shape index (κ3) is 3.82. The van der Waals surface area contributed by atoms with Crippen LogP contribution in [0.1, 0.15) is 37.8 Å². The SMILES string of the molecule is CC(C)C1(c2ccccc2-c2cncn2CCc2ccc(F)cc2)CCCN1C(=O)O. The number of rotatable bonds is 6. The topological polar surface area (TPSA) is 58.4 Å².